The second kappa shape index (κ2) is 10.3. The molecule has 5 nitrogen and oxygen atoms in total. The average molecular weight is 511 g/mol. The third-order valence-electron chi connectivity index (χ3n) is 6.74. The van der Waals surface area contributed by atoms with E-state index in [0.717, 1.165) is 23.3 Å². The van der Waals surface area contributed by atoms with Gasteiger partial charge in [0.1, 0.15) is 0 Å². The van der Waals surface area contributed by atoms with Crippen molar-refractivity contribution in [1.82, 2.24) is 0 Å². The quantitative estimate of drug-likeness (QED) is 0.368. The smallest absolute Gasteiger partial charge is 0.416 e. The van der Waals surface area contributed by atoms with E-state index in [1.807, 2.05) is 26.8 Å². The third kappa shape index (κ3) is 5.05. The van der Waals surface area contributed by atoms with Gasteiger partial charge in [-0.05, 0) is 73.7 Å². The van der Waals surface area contributed by atoms with Crippen LogP contribution in [0, 0.1) is 13.8 Å². The number of ether oxygens (including phenoxy) is 1. The molecule has 0 saturated heterocycles. The molecule has 1 heterocycles. The minimum atomic E-state index is -4.61. The number of anilines is 2. The molecule has 3 aromatic rings. The summed E-state index contributed by atoms with van der Waals surface area (Å²) < 4.78 is 46.4. The minimum absolute atomic E-state index is 0.0513. The maximum absolute atomic E-state index is 14.1. The van der Waals surface area contributed by atoms with E-state index in [1.54, 1.807) is 48.2 Å². The zero-order chi connectivity index (χ0) is 26.9. The summed E-state index contributed by atoms with van der Waals surface area (Å²) in [6.07, 6.45) is -4.61. The van der Waals surface area contributed by atoms with Crippen molar-refractivity contribution in [3.63, 3.8) is 0 Å². The fourth-order valence-electron chi connectivity index (χ4n) is 4.64. The largest absolute Gasteiger partial charge is 0.449 e. The fraction of sp³-hybridized carbons (Fsp3) is 0.310. The average Bonchev–Trinajstić information content (AvgIpc) is 2.88. The number of carbonyl (C=O) groups is 2. The van der Waals surface area contributed by atoms with Gasteiger partial charge in [0.05, 0.1) is 29.6 Å². The number of hydrogen-bond acceptors (Lipinski definition) is 3. The Morgan fingerprint density at radius 2 is 1.59 bits per heavy atom. The van der Waals surface area contributed by atoms with E-state index in [-0.39, 0.29) is 18.7 Å². The van der Waals surface area contributed by atoms with Gasteiger partial charge >= 0.3 is 12.3 Å². The van der Waals surface area contributed by atoms with E-state index in [2.05, 4.69) is 0 Å². The lowest BCUT2D eigenvalue weighted by atomic mass is 9.94. The molecule has 1 unspecified atom stereocenters. The molecule has 1 aliphatic heterocycles. The number of rotatable bonds is 4. The van der Waals surface area contributed by atoms with Crippen molar-refractivity contribution < 1.29 is 27.5 Å². The highest BCUT2D eigenvalue weighted by Crippen LogP contribution is 2.41. The zero-order valence-corrected chi connectivity index (χ0v) is 21.2. The van der Waals surface area contributed by atoms with E-state index < -0.39 is 29.8 Å². The molecule has 0 saturated carbocycles. The van der Waals surface area contributed by atoms with Crippen molar-refractivity contribution >= 4 is 23.4 Å². The second-order valence-corrected chi connectivity index (χ2v) is 9.10. The molecule has 1 atom stereocenters. The van der Waals surface area contributed by atoms with Gasteiger partial charge in [-0.1, -0.05) is 43.3 Å². The molecule has 8 heteroatoms. The van der Waals surface area contributed by atoms with Crippen LogP contribution in [0.1, 0.15) is 47.3 Å². The van der Waals surface area contributed by atoms with Crippen LogP contribution in [0.25, 0.3) is 11.1 Å². The van der Waals surface area contributed by atoms with Crippen LogP contribution in [-0.4, -0.2) is 31.2 Å². The molecule has 0 aromatic heterocycles. The van der Waals surface area contributed by atoms with Gasteiger partial charge in [-0.15, -0.1) is 0 Å². The van der Waals surface area contributed by atoms with E-state index in [9.17, 15) is 22.8 Å². The summed E-state index contributed by atoms with van der Waals surface area (Å²) in [5.41, 5.74) is 2.87. The summed E-state index contributed by atoms with van der Waals surface area (Å²) in [6.45, 7) is 7.72. The number of carbonyl (C=O) groups excluding carboxylic acids is 2. The number of aryl methyl sites for hydroxylation is 2. The highest BCUT2D eigenvalue weighted by atomic mass is 19.4. The molecular weight excluding hydrogens is 481 g/mol. The molecule has 0 radical (unpaired) electrons. The predicted molar refractivity (Wildman–Crippen MR) is 138 cm³/mol. The molecular formula is C29H29F3N2O3. The Hall–Kier alpha value is -3.81. The Kier molecular flexibility index (Phi) is 7.30. The monoisotopic (exact) mass is 510 g/mol. The van der Waals surface area contributed by atoms with Crippen molar-refractivity contribution in [1.29, 1.82) is 0 Å². The Bertz CT molecular complexity index is 1320. The van der Waals surface area contributed by atoms with E-state index in [1.165, 1.54) is 11.0 Å². The minimum Gasteiger partial charge on any atom is -0.449 e. The molecule has 0 bridgehead atoms. The normalized spacial score (nSPS) is 15.4. The molecule has 3 aromatic carbocycles. The van der Waals surface area contributed by atoms with E-state index >= 15 is 0 Å². The van der Waals surface area contributed by atoms with Crippen LogP contribution in [0.2, 0.25) is 0 Å². The first-order valence-corrected chi connectivity index (χ1v) is 12.2. The van der Waals surface area contributed by atoms with Crippen molar-refractivity contribution in [2.75, 3.05) is 23.0 Å². The van der Waals surface area contributed by atoms with Crippen LogP contribution in [-0.2, 0) is 10.9 Å². The van der Waals surface area contributed by atoms with Crippen LogP contribution in [0.4, 0.5) is 29.3 Å². The Morgan fingerprint density at radius 1 is 0.946 bits per heavy atom. The predicted octanol–water partition coefficient (Wildman–Crippen LogP) is 7.39. The number of benzene rings is 3. The van der Waals surface area contributed by atoms with Gasteiger partial charge in [0.25, 0.3) is 5.91 Å². The summed E-state index contributed by atoms with van der Waals surface area (Å²) >= 11 is 0. The van der Waals surface area contributed by atoms with Gasteiger partial charge in [-0.3, -0.25) is 9.69 Å². The molecule has 0 spiro atoms. The van der Waals surface area contributed by atoms with Gasteiger partial charge in [0, 0.05) is 12.1 Å². The van der Waals surface area contributed by atoms with Gasteiger partial charge in [0.2, 0.25) is 0 Å². The summed E-state index contributed by atoms with van der Waals surface area (Å²) in [4.78, 5) is 30.1. The number of alkyl halides is 3. The molecule has 194 valence electrons. The van der Waals surface area contributed by atoms with Crippen LogP contribution in [0.5, 0.6) is 0 Å². The van der Waals surface area contributed by atoms with Gasteiger partial charge in [-0.2, -0.15) is 13.2 Å². The molecule has 0 aliphatic carbocycles. The Labute approximate surface area is 214 Å². The molecule has 1 aliphatic rings. The third-order valence-corrected chi connectivity index (χ3v) is 6.74. The fourth-order valence-corrected chi connectivity index (χ4v) is 4.64. The highest BCUT2D eigenvalue weighted by molar-refractivity contribution is 6.13. The van der Waals surface area contributed by atoms with Gasteiger partial charge in [0.15, 0.2) is 0 Å². The summed E-state index contributed by atoms with van der Waals surface area (Å²) in [5, 5.41) is 0. The topological polar surface area (TPSA) is 49.9 Å². The first-order valence-electron chi connectivity index (χ1n) is 12.2. The maximum Gasteiger partial charge on any atom is 0.416 e. The first kappa shape index (κ1) is 26.3. The van der Waals surface area contributed by atoms with E-state index in [0.29, 0.717) is 28.9 Å². The number of nitrogens with zero attached hydrogens (tertiary/aromatic N) is 2. The maximum atomic E-state index is 14.1. The van der Waals surface area contributed by atoms with E-state index in [4.69, 9.17) is 4.74 Å². The summed E-state index contributed by atoms with van der Waals surface area (Å²) in [6, 6.07) is 15.3. The Balaban J connectivity index is 1.91. The lowest BCUT2D eigenvalue weighted by Gasteiger charge is -2.42. The lowest BCUT2D eigenvalue weighted by Crippen LogP contribution is -2.53. The number of fused-ring (bicyclic) bond motifs is 1. The summed E-state index contributed by atoms with van der Waals surface area (Å²) in [5.74, 6) is -0.559. The second-order valence-electron chi connectivity index (χ2n) is 9.10. The van der Waals surface area contributed by atoms with Crippen molar-refractivity contribution in [2.24, 2.45) is 0 Å². The molecule has 0 fully saturated rings. The highest BCUT2D eigenvalue weighted by Gasteiger charge is 2.39. The molecule has 2 amide bonds. The molecule has 0 N–H and O–H groups in total. The van der Waals surface area contributed by atoms with Crippen molar-refractivity contribution in [3.8, 4) is 11.1 Å². The molecule has 37 heavy (non-hydrogen) atoms. The van der Waals surface area contributed by atoms with Crippen LogP contribution < -0.4 is 9.80 Å². The van der Waals surface area contributed by atoms with Crippen LogP contribution in [0.3, 0.4) is 0 Å². The Morgan fingerprint density at radius 3 is 2.19 bits per heavy atom. The SMILES string of the molecule is CCOC(=O)N1c2cc(C)c(C)cc2N(C(=O)c2cc(C(F)(F)F)ccc2-c2ccccc2)CC1CC. The number of amides is 2. The standard InChI is InChI=1S/C29H29F3N2O3/c1-5-22-17-33(25-14-18(3)19(4)15-26(25)34(22)28(36)37-6-2)27(35)24-16-21(29(30,31)32)12-13-23(24)20-10-8-7-9-11-20/h7-16,22H,5-6,17H2,1-4H3. The summed E-state index contributed by atoms with van der Waals surface area (Å²) in [7, 11) is 0. The number of hydrogen-bond donors (Lipinski definition) is 0. The van der Waals surface area contributed by atoms with Gasteiger partial charge < -0.3 is 9.64 Å². The lowest BCUT2D eigenvalue weighted by molar-refractivity contribution is -0.137. The number of halogens is 3. The molecule has 4 rings (SSSR count). The van der Waals surface area contributed by atoms with Crippen LogP contribution >= 0.6 is 0 Å². The zero-order valence-electron chi connectivity index (χ0n) is 21.2. The van der Waals surface area contributed by atoms with Crippen molar-refractivity contribution in [2.45, 2.75) is 46.3 Å². The van der Waals surface area contributed by atoms with Crippen LogP contribution in [0.15, 0.2) is 60.7 Å². The van der Waals surface area contributed by atoms with Gasteiger partial charge in [-0.25, -0.2) is 4.79 Å². The first-order chi connectivity index (χ1) is 17.6. The van der Waals surface area contributed by atoms with Crippen molar-refractivity contribution in [3.05, 3.63) is 82.9 Å².